The highest BCUT2D eigenvalue weighted by molar-refractivity contribution is 6.76. The third-order valence-electron chi connectivity index (χ3n) is 6.46. The number of carbonyl (C=O) groups excluding carboxylic acids is 1. The zero-order chi connectivity index (χ0) is 29.9. The van der Waals surface area contributed by atoms with E-state index in [2.05, 4.69) is 29.4 Å². The molecule has 0 aliphatic rings. The molecule has 0 spiro atoms. The molecule has 0 amide bonds. The predicted octanol–water partition coefficient (Wildman–Crippen LogP) is 5.84. The number of hydrogen-bond donors (Lipinski definition) is 0. The molecule has 40 heavy (non-hydrogen) atoms. The van der Waals surface area contributed by atoms with Crippen molar-refractivity contribution in [1.29, 1.82) is 5.26 Å². The maximum atomic E-state index is 15.6. The lowest BCUT2D eigenvalue weighted by atomic mass is 9.86. The molecule has 0 radical (unpaired) electrons. The zero-order valence-corrected chi connectivity index (χ0v) is 24.7. The van der Waals surface area contributed by atoms with Crippen molar-refractivity contribution in [3.05, 3.63) is 58.4 Å². The first-order chi connectivity index (χ1) is 18.7. The minimum absolute atomic E-state index is 0.0874. The van der Waals surface area contributed by atoms with Gasteiger partial charge in [-0.1, -0.05) is 25.7 Å². The molecule has 0 saturated carbocycles. The molecule has 1 atom stereocenters. The summed E-state index contributed by atoms with van der Waals surface area (Å²) in [5.41, 5.74) is -2.06. The Morgan fingerprint density at radius 2 is 1.82 bits per heavy atom. The fraction of sp³-hybridized carbons (Fsp3) is 0.464. The summed E-state index contributed by atoms with van der Waals surface area (Å²) in [6.45, 7) is 8.79. The minimum Gasteiger partial charge on any atom is -0.496 e. The van der Waals surface area contributed by atoms with Gasteiger partial charge in [-0.05, 0) is 55.3 Å². The third-order valence-corrected chi connectivity index (χ3v) is 8.16. The predicted molar refractivity (Wildman–Crippen MR) is 146 cm³/mol. The second-order valence-corrected chi connectivity index (χ2v) is 16.4. The average molecular weight is 578 g/mol. The Bertz CT molecular complexity index is 1430. The number of esters is 1. The zero-order valence-electron chi connectivity index (χ0n) is 23.7. The van der Waals surface area contributed by atoms with Gasteiger partial charge in [0.1, 0.15) is 19.1 Å². The van der Waals surface area contributed by atoms with E-state index in [9.17, 15) is 10.1 Å². The van der Waals surface area contributed by atoms with E-state index in [-0.39, 0.29) is 34.7 Å². The number of fused-ring (bicyclic) bond motifs is 1. The van der Waals surface area contributed by atoms with E-state index in [0.29, 0.717) is 17.7 Å². The van der Waals surface area contributed by atoms with Crippen molar-refractivity contribution < 1.29 is 36.9 Å². The highest BCUT2D eigenvalue weighted by Crippen LogP contribution is 2.52. The van der Waals surface area contributed by atoms with Crippen LogP contribution in [0.25, 0.3) is 11.0 Å². The van der Waals surface area contributed by atoms with Crippen LogP contribution in [0.3, 0.4) is 0 Å². The summed E-state index contributed by atoms with van der Waals surface area (Å²) in [4.78, 5) is 16.6. The van der Waals surface area contributed by atoms with Crippen molar-refractivity contribution in [3.8, 4) is 11.8 Å². The van der Waals surface area contributed by atoms with Gasteiger partial charge in [-0.3, -0.25) is 0 Å². The Labute approximate surface area is 232 Å². The van der Waals surface area contributed by atoms with Crippen LogP contribution in [0.15, 0.2) is 30.3 Å². The Hall–Kier alpha value is -3.40. The Morgan fingerprint density at radius 3 is 2.40 bits per heavy atom. The van der Waals surface area contributed by atoms with Gasteiger partial charge in [0.25, 0.3) is 5.60 Å². The number of imidazole rings is 1. The van der Waals surface area contributed by atoms with Crippen LogP contribution in [0.4, 0.5) is 13.2 Å². The van der Waals surface area contributed by atoms with Gasteiger partial charge in [0, 0.05) is 20.2 Å². The van der Waals surface area contributed by atoms with Gasteiger partial charge in [0.2, 0.25) is 0 Å². The second kappa shape index (κ2) is 12.0. The summed E-state index contributed by atoms with van der Waals surface area (Å²) in [5.74, 6) is -1.65. The van der Waals surface area contributed by atoms with Crippen molar-refractivity contribution in [3.63, 3.8) is 0 Å². The first-order valence-electron chi connectivity index (χ1n) is 12.6. The lowest BCUT2D eigenvalue weighted by Crippen LogP contribution is -2.49. The summed E-state index contributed by atoms with van der Waals surface area (Å²) in [6.07, 6.45) is -5.14. The van der Waals surface area contributed by atoms with Crippen LogP contribution < -0.4 is 4.74 Å². The van der Waals surface area contributed by atoms with Gasteiger partial charge in [-0.15, -0.1) is 0 Å². The average Bonchev–Trinajstić information content (AvgIpc) is 3.23. The van der Waals surface area contributed by atoms with Crippen LogP contribution in [0.5, 0.6) is 5.75 Å². The number of nitrogens with zero attached hydrogens (tertiary/aromatic N) is 3. The SMILES string of the molecule is COC(=O)COC(c1c(C)cc(C)cc1OC)(c1nc2cc(C#N)ccc2n1COCC[Si](C)(C)C)C(F)(F)F. The highest BCUT2D eigenvalue weighted by Gasteiger charge is 2.64. The van der Waals surface area contributed by atoms with E-state index < -0.39 is 38.3 Å². The first-order valence-corrected chi connectivity index (χ1v) is 16.3. The van der Waals surface area contributed by atoms with Gasteiger partial charge in [-0.25, -0.2) is 9.78 Å². The molecular weight excluding hydrogens is 543 g/mol. The molecule has 1 aromatic heterocycles. The fourth-order valence-corrected chi connectivity index (χ4v) is 5.26. The van der Waals surface area contributed by atoms with Gasteiger partial charge >= 0.3 is 12.1 Å². The monoisotopic (exact) mass is 577 g/mol. The molecule has 12 heteroatoms. The fourth-order valence-electron chi connectivity index (χ4n) is 4.50. The summed E-state index contributed by atoms with van der Waals surface area (Å²) < 4.78 is 69.7. The van der Waals surface area contributed by atoms with Crippen molar-refractivity contribution in [2.45, 2.75) is 58.0 Å². The van der Waals surface area contributed by atoms with Crippen LogP contribution in [0.1, 0.15) is 28.1 Å². The smallest absolute Gasteiger partial charge is 0.429 e. The number of ether oxygens (including phenoxy) is 4. The normalized spacial score (nSPS) is 13.6. The molecule has 3 rings (SSSR count). The van der Waals surface area contributed by atoms with E-state index in [1.807, 2.05) is 6.07 Å². The maximum Gasteiger partial charge on any atom is 0.429 e. The topological polar surface area (TPSA) is 95.6 Å². The maximum absolute atomic E-state index is 15.6. The van der Waals surface area contributed by atoms with Gasteiger partial charge in [0.15, 0.2) is 5.82 Å². The van der Waals surface area contributed by atoms with Crippen LogP contribution >= 0.6 is 0 Å². The van der Waals surface area contributed by atoms with E-state index in [1.165, 1.54) is 42.9 Å². The standard InChI is InChI=1S/C28H34F3N3O5Si/c1-18-12-19(2)25(23(13-18)36-3)27(28(29,30)31,39-16-24(35)37-4)26-33-21-14-20(15-32)8-9-22(21)34(26)17-38-10-11-40(5,6)7/h8-9,12-14H,10-11,16-17H2,1-7H3. The van der Waals surface area contributed by atoms with Crippen LogP contribution in [-0.4, -0.2) is 57.2 Å². The number of halogens is 3. The first kappa shape index (κ1) is 31.1. The van der Waals surface area contributed by atoms with E-state index in [0.717, 1.165) is 13.2 Å². The van der Waals surface area contributed by atoms with Crippen molar-refractivity contribution in [2.24, 2.45) is 0 Å². The number of hydrogen-bond acceptors (Lipinski definition) is 7. The number of benzene rings is 2. The van der Waals surface area contributed by atoms with Gasteiger partial charge in [0.05, 0.1) is 36.9 Å². The molecule has 216 valence electrons. The molecule has 1 unspecified atom stereocenters. The molecule has 0 saturated heterocycles. The summed E-state index contributed by atoms with van der Waals surface area (Å²) in [6, 6.07) is 10.2. The molecule has 0 N–H and O–H groups in total. The summed E-state index contributed by atoms with van der Waals surface area (Å²) in [7, 11) is 0.832. The molecule has 0 bridgehead atoms. The van der Waals surface area contributed by atoms with E-state index >= 15 is 13.2 Å². The highest BCUT2D eigenvalue weighted by atomic mass is 28.3. The molecule has 0 aliphatic carbocycles. The Balaban J connectivity index is 2.41. The van der Waals surface area contributed by atoms with Crippen molar-refractivity contribution >= 4 is 25.1 Å². The van der Waals surface area contributed by atoms with E-state index in [4.69, 9.17) is 14.2 Å². The van der Waals surface area contributed by atoms with Crippen LogP contribution in [0, 0.1) is 25.2 Å². The van der Waals surface area contributed by atoms with Gasteiger partial charge < -0.3 is 23.5 Å². The molecular formula is C28H34F3N3O5Si. The number of alkyl halides is 3. The largest absolute Gasteiger partial charge is 0.496 e. The summed E-state index contributed by atoms with van der Waals surface area (Å²) >= 11 is 0. The molecule has 1 heterocycles. The molecule has 0 aliphatic heterocycles. The second-order valence-electron chi connectivity index (χ2n) is 10.7. The quantitative estimate of drug-likeness (QED) is 0.160. The number of aromatic nitrogens is 2. The van der Waals surface area contributed by atoms with E-state index in [1.54, 1.807) is 13.0 Å². The number of methoxy groups -OCH3 is 2. The minimum atomic E-state index is -5.14. The number of carbonyl (C=O) groups is 1. The number of rotatable bonds is 11. The lowest BCUT2D eigenvalue weighted by Gasteiger charge is -2.37. The van der Waals surface area contributed by atoms with Gasteiger partial charge in [-0.2, -0.15) is 18.4 Å². The summed E-state index contributed by atoms with van der Waals surface area (Å²) in [5, 5.41) is 9.41. The molecule has 0 fully saturated rings. The molecule has 2 aromatic carbocycles. The molecule has 3 aromatic rings. The number of nitriles is 1. The van der Waals surface area contributed by atoms with Crippen LogP contribution in [0.2, 0.25) is 25.7 Å². The van der Waals surface area contributed by atoms with Crippen LogP contribution in [-0.2, 0) is 31.3 Å². The van der Waals surface area contributed by atoms with Crippen molar-refractivity contribution in [1.82, 2.24) is 9.55 Å². The lowest BCUT2D eigenvalue weighted by molar-refractivity contribution is -0.271. The Morgan fingerprint density at radius 1 is 1.12 bits per heavy atom. The van der Waals surface area contributed by atoms with Crippen molar-refractivity contribution in [2.75, 3.05) is 27.4 Å². The third kappa shape index (κ3) is 6.32. The molecule has 8 nitrogen and oxygen atoms in total. The Kier molecular flexibility index (Phi) is 9.34. The number of aryl methyl sites for hydroxylation is 2.